The third-order valence-corrected chi connectivity index (χ3v) is 6.27. The van der Waals surface area contributed by atoms with Crippen molar-refractivity contribution in [3.63, 3.8) is 0 Å². The molecule has 5 rings (SSSR count). The molecule has 2 aromatic heterocycles. The molecule has 0 spiro atoms. The molecule has 0 radical (unpaired) electrons. The van der Waals surface area contributed by atoms with Gasteiger partial charge in [-0.05, 0) is 73.3 Å². The van der Waals surface area contributed by atoms with E-state index in [1.165, 1.54) is 5.69 Å². The number of hydrogen-bond donors (Lipinski definition) is 1. The van der Waals surface area contributed by atoms with E-state index in [1.54, 1.807) is 24.5 Å². The zero-order valence-corrected chi connectivity index (χ0v) is 18.6. The number of furan rings is 1. The minimum absolute atomic E-state index is 0.0272. The molecule has 1 aliphatic heterocycles. The van der Waals surface area contributed by atoms with Crippen LogP contribution in [0.25, 0.3) is 33.8 Å². The molecule has 0 amide bonds. The second kappa shape index (κ2) is 8.69. The molecule has 0 bridgehead atoms. The summed E-state index contributed by atoms with van der Waals surface area (Å²) in [5.41, 5.74) is 4.92. The van der Waals surface area contributed by atoms with E-state index in [0.717, 1.165) is 54.2 Å². The molecule has 0 saturated carbocycles. The second-order valence-corrected chi connectivity index (χ2v) is 8.50. The number of hydrogen-bond acceptors (Lipinski definition) is 5. The standard InChI is InChI=1S/C26H24ClN3O2/c1-29-12-14-30(15-13-29)21-5-2-19(3-6-21)25-17-22(18-8-10-28-11-9-18)26(32-25)20-4-7-23(27)24(31)16-20/h2-11,16-17,31H,12-15H2,1H3. The smallest absolute Gasteiger partial charge is 0.142 e. The molecule has 2 aromatic carbocycles. The number of benzene rings is 2. The maximum Gasteiger partial charge on any atom is 0.142 e. The highest BCUT2D eigenvalue weighted by molar-refractivity contribution is 6.32. The lowest BCUT2D eigenvalue weighted by Crippen LogP contribution is -2.44. The largest absolute Gasteiger partial charge is 0.506 e. The molecule has 5 nitrogen and oxygen atoms in total. The summed E-state index contributed by atoms with van der Waals surface area (Å²) in [5.74, 6) is 1.48. The summed E-state index contributed by atoms with van der Waals surface area (Å²) in [6.07, 6.45) is 3.52. The SMILES string of the molecule is CN1CCN(c2ccc(-c3cc(-c4ccncc4)c(-c4ccc(Cl)c(O)c4)o3)cc2)CC1. The minimum Gasteiger partial charge on any atom is -0.506 e. The van der Waals surface area contributed by atoms with Crippen LogP contribution in [-0.2, 0) is 0 Å². The highest BCUT2D eigenvalue weighted by atomic mass is 35.5. The summed E-state index contributed by atoms with van der Waals surface area (Å²) in [6.45, 7) is 4.22. The van der Waals surface area contributed by atoms with Gasteiger partial charge in [0.25, 0.3) is 0 Å². The van der Waals surface area contributed by atoms with E-state index in [-0.39, 0.29) is 5.75 Å². The van der Waals surface area contributed by atoms with Crippen LogP contribution in [0, 0.1) is 0 Å². The van der Waals surface area contributed by atoms with Crippen LogP contribution < -0.4 is 4.90 Å². The summed E-state index contributed by atoms with van der Waals surface area (Å²) in [4.78, 5) is 8.89. The van der Waals surface area contributed by atoms with Gasteiger partial charge in [-0.25, -0.2) is 0 Å². The third kappa shape index (κ3) is 4.09. The third-order valence-electron chi connectivity index (χ3n) is 5.95. The topological polar surface area (TPSA) is 52.7 Å². The number of aromatic hydroxyl groups is 1. The van der Waals surface area contributed by atoms with Crippen LogP contribution in [-0.4, -0.2) is 48.2 Å². The number of aromatic nitrogens is 1. The molecule has 162 valence electrons. The van der Waals surface area contributed by atoms with Gasteiger partial charge >= 0.3 is 0 Å². The van der Waals surface area contributed by atoms with Crippen molar-refractivity contribution >= 4 is 17.3 Å². The Balaban J connectivity index is 1.52. The van der Waals surface area contributed by atoms with Gasteiger partial charge in [-0.2, -0.15) is 0 Å². The first kappa shape index (κ1) is 20.6. The predicted molar refractivity (Wildman–Crippen MR) is 129 cm³/mol. The molecule has 1 saturated heterocycles. The molecular formula is C26H24ClN3O2. The van der Waals surface area contributed by atoms with Crippen molar-refractivity contribution in [3.8, 4) is 39.5 Å². The fourth-order valence-corrected chi connectivity index (χ4v) is 4.17. The maximum absolute atomic E-state index is 10.1. The lowest BCUT2D eigenvalue weighted by Gasteiger charge is -2.34. The van der Waals surface area contributed by atoms with Gasteiger partial charge in [0.2, 0.25) is 0 Å². The van der Waals surface area contributed by atoms with Crippen LogP contribution >= 0.6 is 11.6 Å². The normalized spacial score (nSPS) is 14.6. The quantitative estimate of drug-likeness (QED) is 0.431. The van der Waals surface area contributed by atoms with E-state index >= 15 is 0 Å². The Morgan fingerprint density at radius 1 is 0.844 bits per heavy atom. The molecule has 0 aliphatic carbocycles. The zero-order chi connectivity index (χ0) is 22.1. The van der Waals surface area contributed by atoms with E-state index < -0.39 is 0 Å². The van der Waals surface area contributed by atoms with E-state index in [4.69, 9.17) is 16.0 Å². The van der Waals surface area contributed by atoms with Gasteiger partial charge in [0, 0.05) is 61.0 Å². The first-order chi connectivity index (χ1) is 15.6. The minimum atomic E-state index is 0.0272. The molecule has 1 N–H and O–H groups in total. The Morgan fingerprint density at radius 3 is 2.22 bits per heavy atom. The van der Waals surface area contributed by atoms with Gasteiger partial charge < -0.3 is 19.3 Å². The average Bonchev–Trinajstić information content (AvgIpc) is 3.28. The van der Waals surface area contributed by atoms with E-state index in [0.29, 0.717) is 10.8 Å². The molecule has 32 heavy (non-hydrogen) atoms. The lowest BCUT2D eigenvalue weighted by atomic mass is 10.0. The van der Waals surface area contributed by atoms with Crippen LogP contribution in [0.3, 0.4) is 0 Å². The Bertz CT molecular complexity index is 1210. The Hall–Kier alpha value is -3.28. The first-order valence-corrected chi connectivity index (χ1v) is 11.0. The van der Waals surface area contributed by atoms with E-state index in [9.17, 15) is 5.11 Å². The van der Waals surface area contributed by atoms with Crippen molar-refractivity contribution in [1.82, 2.24) is 9.88 Å². The predicted octanol–water partition coefficient (Wildman–Crippen LogP) is 5.79. The molecule has 1 fully saturated rings. The summed E-state index contributed by atoms with van der Waals surface area (Å²) < 4.78 is 6.34. The van der Waals surface area contributed by atoms with Crippen molar-refractivity contribution < 1.29 is 9.52 Å². The summed E-state index contributed by atoms with van der Waals surface area (Å²) in [5, 5.41) is 10.4. The number of likely N-dealkylation sites (N-methyl/N-ethyl adjacent to an activating group) is 1. The van der Waals surface area contributed by atoms with E-state index in [2.05, 4.69) is 46.1 Å². The summed E-state index contributed by atoms with van der Waals surface area (Å²) >= 11 is 6.02. The number of phenolic OH excluding ortho intramolecular Hbond substituents is 1. The molecule has 0 unspecified atom stereocenters. The molecule has 0 atom stereocenters. The monoisotopic (exact) mass is 445 g/mol. The Kier molecular flexibility index (Phi) is 5.60. The first-order valence-electron chi connectivity index (χ1n) is 10.7. The van der Waals surface area contributed by atoms with Crippen LogP contribution in [0.4, 0.5) is 5.69 Å². The number of nitrogens with zero attached hydrogens (tertiary/aromatic N) is 3. The highest BCUT2D eigenvalue weighted by Gasteiger charge is 2.18. The van der Waals surface area contributed by atoms with Gasteiger partial charge in [0.05, 0.1) is 5.02 Å². The summed E-state index contributed by atoms with van der Waals surface area (Å²) in [6, 6.07) is 19.6. The number of rotatable bonds is 4. The molecule has 6 heteroatoms. The van der Waals surface area contributed by atoms with Gasteiger partial charge in [-0.15, -0.1) is 0 Å². The van der Waals surface area contributed by atoms with Crippen LogP contribution in [0.5, 0.6) is 5.75 Å². The number of phenols is 1. The maximum atomic E-state index is 10.1. The molecular weight excluding hydrogens is 422 g/mol. The lowest BCUT2D eigenvalue weighted by molar-refractivity contribution is 0.313. The average molecular weight is 446 g/mol. The van der Waals surface area contributed by atoms with E-state index in [1.807, 2.05) is 24.3 Å². The molecule has 3 heterocycles. The van der Waals surface area contributed by atoms with Gasteiger partial charge in [-0.3, -0.25) is 4.98 Å². The van der Waals surface area contributed by atoms with Gasteiger partial charge in [0.1, 0.15) is 17.3 Å². The van der Waals surface area contributed by atoms with Crippen molar-refractivity contribution in [2.75, 3.05) is 38.1 Å². The molecule has 4 aromatic rings. The number of piperazine rings is 1. The fourth-order valence-electron chi connectivity index (χ4n) is 4.05. The van der Waals surface area contributed by atoms with Crippen LogP contribution in [0.15, 0.2) is 77.5 Å². The van der Waals surface area contributed by atoms with Crippen molar-refractivity contribution in [2.24, 2.45) is 0 Å². The second-order valence-electron chi connectivity index (χ2n) is 8.09. The Morgan fingerprint density at radius 2 is 1.53 bits per heavy atom. The number of pyridine rings is 1. The van der Waals surface area contributed by atoms with Crippen molar-refractivity contribution in [1.29, 1.82) is 0 Å². The van der Waals surface area contributed by atoms with Gasteiger partial charge in [0.15, 0.2) is 0 Å². The van der Waals surface area contributed by atoms with Crippen LogP contribution in [0.1, 0.15) is 0 Å². The van der Waals surface area contributed by atoms with Crippen molar-refractivity contribution in [2.45, 2.75) is 0 Å². The number of anilines is 1. The van der Waals surface area contributed by atoms with Crippen LogP contribution in [0.2, 0.25) is 5.02 Å². The zero-order valence-electron chi connectivity index (χ0n) is 17.8. The Labute approximate surface area is 192 Å². The van der Waals surface area contributed by atoms with Gasteiger partial charge in [-0.1, -0.05) is 11.6 Å². The fraction of sp³-hybridized carbons (Fsp3) is 0.192. The number of halogens is 1. The molecule has 1 aliphatic rings. The highest BCUT2D eigenvalue weighted by Crippen LogP contribution is 2.40. The van der Waals surface area contributed by atoms with Crippen molar-refractivity contribution in [3.05, 3.63) is 78.1 Å². The summed E-state index contributed by atoms with van der Waals surface area (Å²) in [7, 11) is 2.16.